The van der Waals surface area contributed by atoms with Crippen molar-refractivity contribution in [2.75, 3.05) is 19.0 Å². The molecule has 1 saturated heterocycles. The molecule has 0 radical (unpaired) electrons. The van der Waals surface area contributed by atoms with Gasteiger partial charge in [0.05, 0.1) is 6.61 Å². The lowest BCUT2D eigenvalue weighted by Gasteiger charge is -2.40. The first kappa shape index (κ1) is 54.1. The maximum absolute atomic E-state index is 12.8. The van der Waals surface area contributed by atoms with E-state index in [-0.39, 0.29) is 19.4 Å². The van der Waals surface area contributed by atoms with Crippen molar-refractivity contribution in [2.24, 2.45) is 0 Å². The first-order chi connectivity index (χ1) is 28.5. The number of esters is 2. The van der Waals surface area contributed by atoms with Crippen LogP contribution in [0, 0.1) is 0 Å². The van der Waals surface area contributed by atoms with Gasteiger partial charge in [-0.2, -0.15) is 8.42 Å². The molecule has 1 fully saturated rings. The molecule has 0 spiro atoms. The molecular weight excluding hydrogens is 777 g/mol. The summed E-state index contributed by atoms with van der Waals surface area (Å²) < 4.78 is 53.9. The van der Waals surface area contributed by atoms with E-state index in [1.807, 2.05) is 12.2 Å². The van der Waals surface area contributed by atoms with E-state index in [0.717, 1.165) is 70.6 Å². The van der Waals surface area contributed by atoms with Gasteiger partial charge >= 0.3 is 11.9 Å². The maximum Gasteiger partial charge on any atom is 0.306 e. The molecule has 0 bridgehead atoms. The topological polar surface area (TPSA) is 186 Å². The summed E-state index contributed by atoms with van der Waals surface area (Å²) >= 11 is 0. The lowest BCUT2D eigenvalue weighted by Crippen LogP contribution is -2.60. The number of ether oxygens (including phenoxy) is 4. The molecule has 1 aliphatic heterocycles. The molecule has 12 nitrogen and oxygen atoms in total. The fourth-order valence-electron chi connectivity index (χ4n) is 6.06. The molecular formula is C46H76O12S. The average Bonchev–Trinajstić information content (AvgIpc) is 3.20. The molecule has 0 aromatic heterocycles. The van der Waals surface area contributed by atoms with Crippen LogP contribution in [0.5, 0.6) is 0 Å². The third-order valence-corrected chi connectivity index (χ3v) is 10.3. The van der Waals surface area contributed by atoms with Crippen molar-refractivity contribution >= 4 is 22.1 Å². The van der Waals surface area contributed by atoms with E-state index < -0.39 is 71.2 Å². The van der Waals surface area contributed by atoms with Crippen LogP contribution in [0.1, 0.15) is 149 Å². The molecule has 1 aliphatic rings. The zero-order chi connectivity index (χ0) is 43.4. The second-order valence-electron chi connectivity index (χ2n) is 15.0. The lowest BCUT2D eigenvalue weighted by atomic mass is 10.00. The van der Waals surface area contributed by atoms with Crippen molar-refractivity contribution in [2.45, 2.75) is 185 Å². The zero-order valence-electron chi connectivity index (χ0n) is 35.8. The summed E-state index contributed by atoms with van der Waals surface area (Å²) in [6, 6.07) is 0. The summed E-state index contributed by atoms with van der Waals surface area (Å²) in [5.41, 5.74) is 0. The SMILES string of the molecule is CCCCC/C=C/C/C=C/C/C=C/C/C=C/C/C=C/CCC(=O)OC[C@H](CO[C@H]1O[C@H](CS(=O)(=O)O)[C@@H](O)C(O)C1O)OC(=O)CCCCCCC/C=C/CCCCC. The molecule has 59 heavy (non-hydrogen) atoms. The number of carbonyl (C=O) groups excluding carboxylic acids is 2. The monoisotopic (exact) mass is 853 g/mol. The first-order valence-electron chi connectivity index (χ1n) is 22.0. The number of carbonyl (C=O) groups is 2. The molecule has 0 saturated carbocycles. The number of allylic oxidation sites excluding steroid dienone is 12. The summed E-state index contributed by atoms with van der Waals surface area (Å²) in [7, 11) is -4.61. The van der Waals surface area contributed by atoms with Gasteiger partial charge in [0.15, 0.2) is 12.4 Å². The lowest BCUT2D eigenvalue weighted by molar-refractivity contribution is -0.297. The van der Waals surface area contributed by atoms with Crippen LogP contribution < -0.4 is 0 Å². The van der Waals surface area contributed by atoms with Crippen LogP contribution in [0.25, 0.3) is 0 Å². The molecule has 0 aliphatic carbocycles. The Hall–Kier alpha value is -2.91. The minimum atomic E-state index is -4.61. The number of aliphatic hydroxyl groups excluding tert-OH is 3. The second kappa shape index (κ2) is 35.8. The Morgan fingerprint density at radius 1 is 0.576 bits per heavy atom. The van der Waals surface area contributed by atoms with Crippen molar-refractivity contribution in [1.29, 1.82) is 0 Å². The standard InChI is InChI=1S/C46H76O12S/c1-3-5-7-9-11-13-15-17-18-19-20-21-22-23-25-26-28-30-32-34-41(47)55-36-39(37-56-46-45(51)44(50)43(49)40(58-46)38-59(52,53)54)57-42(48)35-33-31-29-27-24-16-14-12-10-8-6-4-2/h11-14,17-18,20-21,23,25,28,30,39-40,43-46,49-51H,3-10,15-16,19,22,24,26-27,29,31-38H2,1-2H3,(H,52,53,54)/b13-11+,14-12+,18-17+,21-20+,25-23+,30-28+/t39-,40-,43-,44?,45?,46+/m1/s1. The van der Waals surface area contributed by atoms with Crippen LogP contribution in [0.15, 0.2) is 72.9 Å². The van der Waals surface area contributed by atoms with Gasteiger partial charge in [-0.25, -0.2) is 0 Å². The van der Waals surface area contributed by atoms with Crippen molar-refractivity contribution < 1.29 is 56.8 Å². The second-order valence-corrected chi connectivity index (χ2v) is 16.5. The van der Waals surface area contributed by atoms with Crippen LogP contribution in [0.4, 0.5) is 0 Å². The van der Waals surface area contributed by atoms with E-state index in [9.17, 15) is 37.9 Å². The molecule has 6 atom stereocenters. The van der Waals surface area contributed by atoms with Crippen LogP contribution in [0.2, 0.25) is 0 Å². The summed E-state index contributed by atoms with van der Waals surface area (Å²) in [6.45, 7) is 3.61. The van der Waals surface area contributed by atoms with Gasteiger partial charge in [-0.1, -0.05) is 132 Å². The Kier molecular flexibility index (Phi) is 32.8. The summed E-state index contributed by atoms with van der Waals surface area (Å²) in [5.74, 6) is -2.11. The third kappa shape index (κ3) is 30.7. The normalized spacial score (nSPS) is 20.9. The fourth-order valence-corrected chi connectivity index (χ4v) is 6.75. The Balaban J connectivity index is 2.52. The molecule has 1 heterocycles. The van der Waals surface area contributed by atoms with Crippen molar-refractivity contribution in [3.63, 3.8) is 0 Å². The number of aliphatic hydroxyl groups is 3. The molecule has 13 heteroatoms. The van der Waals surface area contributed by atoms with Gasteiger partial charge in [0.25, 0.3) is 10.1 Å². The van der Waals surface area contributed by atoms with Crippen molar-refractivity contribution in [3.8, 4) is 0 Å². The molecule has 0 aromatic rings. The van der Waals surface area contributed by atoms with Gasteiger partial charge in [0, 0.05) is 12.8 Å². The highest BCUT2D eigenvalue weighted by atomic mass is 32.2. The maximum atomic E-state index is 12.8. The number of hydrogen-bond donors (Lipinski definition) is 4. The molecule has 338 valence electrons. The minimum absolute atomic E-state index is 0.0904. The molecule has 1 rings (SSSR count). The van der Waals surface area contributed by atoms with E-state index in [2.05, 4.69) is 74.6 Å². The van der Waals surface area contributed by atoms with Gasteiger partial charge in [0.2, 0.25) is 0 Å². The average molecular weight is 853 g/mol. The quantitative estimate of drug-likeness (QED) is 0.0206. The molecule has 2 unspecified atom stereocenters. The molecule has 0 amide bonds. The summed E-state index contributed by atoms with van der Waals surface area (Å²) in [4.78, 5) is 25.3. The highest BCUT2D eigenvalue weighted by Crippen LogP contribution is 2.24. The van der Waals surface area contributed by atoms with Crippen LogP contribution in [-0.2, 0) is 38.7 Å². The van der Waals surface area contributed by atoms with Gasteiger partial charge in [0.1, 0.15) is 36.8 Å². The molecule has 0 aromatic carbocycles. The fraction of sp³-hybridized carbons (Fsp3) is 0.696. The first-order valence-corrected chi connectivity index (χ1v) is 23.6. The Morgan fingerprint density at radius 3 is 1.59 bits per heavy atom. The number of rotatable bonds is 35. The van der Waals surface area contributed by atoms with Crippen LogP contribution in [-0.4, -0.2) is 96.0 Å². The predicted molar refractivity (Wildman–Crippen MR) is 233 cm³/mol. The number of unbranched alkanes of at least 4 members (excludes halogenated alkanes) is 11. The number of hydrogen-bond acceptors (Lipinski definition) is 11. The smallest absolute Gasteiger partial charge is 0.306 e. The van der Waals surface area contributed by atoms with E-state index in [1.54, 1.807) is 0 Å². The van der Waals surface area contributed by atoms with Gasteiger partial charge < -0.3 is 34.3 Å². The zero-order valence-corrected chi connectivity index (χ0v) is 36.6. The van der Waals surface area contributed by atoms with Crippen molar-refractivity contribution in [1.82, 2.24) is 0 Å². The highest BCUT2D eigenvalue weighted by molar-refractivity contribution is 7.85. The van der Waals surface area contributed by atoms with Crippen molar-refractivity contribution in [3.05, 3.63) is 72.9 Å². The molecule has 4 N–H and O–H groups in total. The summed E-state index contributed by atoms with van der Waals surface area (Å²) in [5, 5.41) is 30.8. The predicted octanol–water partition coefficient (Wildman–Crippen LogP) is 8.72. The van der Waals surface area contributed by atoms with E-state index in [0.29, 0.717) is 12.8 Å². The van der Waals surface area contributed by atoms with E-state index >= 15 is 0 Å². The van der Waals surface area contributed by atoms with Gasteiger partial charge in [-0.05, 0) is 77.0 Å². The van der Waals surface area contributed by atoms with Gasteiger partial charge in [-0.3, -0.25) is 14.1 Å². The van der Waals surface area contributed by atoms with Crippen LogP contribution >= 0.6 is 0 Å². The van der Waals surface area contributed by atoms with E-state index in [4.69, 9.17) is 18.9 Å². The third-order valence-electron chi connectivity index (χ3n) is 9.52. The Labute approximate surface area is 355 Å². The highest BCUT2D eigenvalue weighted by Gasteiger charge is 2.46. The largest absolute Gasteiger partial charge is 0.462 e. The van der Waals surface area contributed by atoms with Gasteiger partial charge in [-0.15, -0.1) is 0 Å². The minimum Gasteiger partial charge on any atom is -0.462 e. The summed E-state index contributed by atoms with van der Waals surface area (Å²) in [6.07, 6.45) is 35.3. The Morgan fingerprint density at radius 2 is 1.05 bits per heavy atom. The Bertz CT molecular complexity index is 1370. The van der Waals surface area contributed by atoms with E-state index in [1.165, 1.54) is 38.5 Å². The van der Waals surface area contributed by atoms with Crippen LogP contribution in [0.3, 0.4) is 0 Å².